The summed E-state index contributed by atoms with van der Waals surface area (Å²) < 4.78 is 1.22. The minimum Gasteiger partial charge on any atom is -0.351 e. The van der Waals surface area contributed by atoms with Gasteiger partial charge in [-0.25, -0.2) is 9.59 Å². The number of amides is 4. The van der Waals surface area contributed by atoms with Gasteiger partial charge in [-0.2, -0.15) is 0 Å². The van der Waals surface area contributed by atoms with Crippen LogP contribution < -0.4 is 21.7 Å². The summed E-state index contributed by atoms with van der Waals surface area (Å²) in [5, 5.41) is 16.4. The van der Waals surface area contributed by atoms with Crippen LogP contribution in [-0.4, -0.2) is 34.8 Å². The van der Waals surface area contributed by atoms with Gasteiger partial charge in [0, 0.05) is 29.6 Å². The third-order valence-corrected chi connectivity index (χ3v) is 4.76. The van der Waals surface area contributed by atoms with Crippen molar-refractivity contribution in [2.24, 2.45) is 5.73 Å². The number of aromatic nitrogens is 1. The number of hydrogen-bond donors (Lipinski definition) is 5. The van der Waals surface area contributed by atoms with Crippen LogP contribution >= 0.6 is 11.6 Å². The molecule has 0 aliphatic carbocycles. The van der Waals surface area contributed by atoms with E-state index in [9.17, 15) is 14.4 Å². The first kappa shape index (κ1) is 21.8. The molecule has 1 heterocycles. The Hall–Kier alpha value is -3.85. The molecule has 0 bridgehead atoms. The van der Waals surface area contributed by atoms with Crippen molar-refractivity contribution in [1.29, 1.82) is 5.41 Å². The number of nitrogens with two attached hydrogens (primary N) is 1. The summed E-state index contributed by atoms with van der Waals surface area (Å²) in [7, 11) is 0. The molecular formula is C21H21ClN6O3. The van der Waals surface area contributed by atoms with Gasteiger partial charge >= 0.3 is 12.1 Å². The first-order valence-corrected chi connectivity index (χ1v) is 9.75. The van der Waals surface area contributed by atoms with Crippen LogP contribution in [0, 0.1) is 5.41 Å². The highest BCUT2D eigenvalue weighted by Gasteiger charge is 2.21. The number of benzene rings is 2. The van der Waals surface area contributed by atoms with Crippen LogP contribution in [0.3, 0.4) is 0 Å². The van der Waals surface area contributed by atoms with Gasteiger partial charge in [0.05, 0.1) is 11.2 Å². The molecule has 160 valence electrons. The first-order valence-electron chi connectivity index (χ1n) is 9.37. The number of halogens is 1. The molecule has 0 saturated heterocycles. The number of anilines is 1. The number of urea groups is 1. The molecule has 0 fully saturated rings. The number of carbonyl (C=O) groups excluding carboxylic acids is 3. The fourth-order valence-corrected chi connectivity index (χ4v) is 3.30. The van der Waals surface area contributed by atoms with Crippen LogP contribution in [0.1, 0.15) is 12.0 Å². The summed E-state index contributed by atoms with van der Waals surface area (Å²) in [6, 6.07) is 11.7. The van der Waals surface area contributed by atoms with Gasteiger partial charge in [-0.1, -0.05) is 41.9 Å². The predicted molar refractivity (Wildman–Crippen MR) is 120 cm³/mol. The van der Waals surface area contributed by atoms with Gasteiger partial charge in [-0.3, -0.25) is 9.36 Å². The van der Waals surface area contributed by atoms with Crippen molar-refractivity contribution in [3.05, 3.63) is 65.3 Å². The molecule has 1 unspecified atom stereocenters. The zero-order valence-corrected chi connectivity index (χ0v) is 17.1. The van der Waals surface area contributed by atoms with E-state index >= 15 is 0 Å². The minimum absolute atomic E-state index is 0.0118. The second kappa shape index (κ2) is 9.77. The Kier molecular flexibility index (Phi) is 6.88. The van der Waals surface area contributed by atoms with Crippen LogP contribution in [0.15, 0.2) is 54.7 Å². The smallest absolute Gasteiger partial charge is 0.323 e. The van der Waals surface area contributed by atoms with Crippen LogP contribution in [0.2, 0.25) is 5.02 Å². The molecule has 3 aromatic rings. The molecule has 0 aliphatic heterocycles. The van der Waals surface area contributed by atoms with E-state index in [0.717, 1.165) is 11.8 Å². The van der Waals surface area contributed by atoms with Crippen molar-refractivity contribution in [2.75, 3.05) is 5.32 Å². The molecule has 0 saturated carbocycles. The van der Waals surface area contributed by atoms with E-state index in [1.54, 1.807) is 42.5 Å². The Labute approximate surface area is 183 Å². The van der Waals surface area contributed by atoms with Gasteiger partial charge in [-0.05, 0) is 30.0 Å². The quantitative estimate of drug-likeness (QED) is 0.360. The first-order chi connectivity index (χ1) is 14.9. The van der Waals surface area contributed by atoms with Crippen molar-refractivity contribution < 1.29 is 14.4 Å². The van der Waals surface area contributed by atoms with Crippen LogP contribution in [0.4, 0.5) is 15.3 Å². The lowest BCUT2D eigenvalue weighted by atomic mass is 10.2. The molecule has 2 aromatic carbocycles. The second-order valence-corrected chi connectivity index (χ2v) is 7.14. The molecule has 0 spiro atoms. The molecule has 0 aliphatic rings. The van der Waals surface area contributed by atoms with Crippen molar-refractivity contribution in [3.63, 3.8) is 0 Å². The Morgan fingerprint density at radius 1 is 1.16 bits per heavy atom. The van der Waals surface area contributed by atoms with Crippen molar-refractivity contribution in [2.45, 2.75) is 19.0 Å². The molecule has 9 nitrogen and oxygen atoms in total. The monoisotopic (exact) mass is 440 g/mol. The van der Waals surface area contributed by atoms with Crippen molar-refractivity contribution >= 4 is 52.4 Å². The predicted octanol–water partition coefficient (Wildman–Crippen LogP) is 3.07. The molecule has 6 N–H and O–H groups in total. The highest BCUT2D eigenvalue weighted by atomic mass is 35.5. The fourth-order valence-electron chi connectivity index (χ4n) is 3.09. The average molecular weight is 441 g/mol. The molecule has 1 atom stereocenters. The average Bonchev–Trinajstić information content (AvgIpc) is 3.10. The van der Waals surface area contributed by atoms with Gasteiger partial charge in [0.25, 0.3) is 0 Å². The van der Waals surface area contributed by atoms with E-state index < -0.39 is 24.0 Å². The van der Waals surface area contributed by atoms with E-state index in [1.165, 1.54) is 10.8 Å². The van der Waals surface area contributed by atoms with Crippen LogP contribution in [-0.2, 0) is 11.3 Å². The van der Waals surface area contributed by atoms with Gasteiger partial charge in [-0.15, -0.1) is 0 Å². The maximum absolute atomic E-state index is 12.5. The van der Waals surface area contributed by atoms with Gasteiger partial charge in [0.15, 0.2) is 0 Å². The Bertz CT molecular complexity index is 1140. The van der Waals surface area contributed by atoms with E-state index in [-0.39, 0.29) is 13.0 Å². The number of para-hydroxylation sites is 1. The highest BCUT2D eigenvalue weighted by Crippen LogP contribution is 2.25. The number of fused-ring (bicyclic) bond motifs is 1. The largest absolute Gasteiger partial charge is 0.351 e. The fraction of sp³-hybridized carbons (Fsp3) is 0.143. The molecule has 4 amide bonds. The lowest BCUT2D eigenvalue weighted by molar-refractivity contribution is -0.122. The maximum atomic E-state index is 12.5. The number of carbonyl (C=O) groups is 3. The van der Waals surface area contributed by atoms with E-state index in [2.05, 4.69) is 16.0 Å². The molecule has 1 aromatic heterocycles. The lowest BCUT2D eigenvalue weighted by Crippen LogP contribution is -2.48. The van der Waals surface area contributed by atoms with Gasteiger partial charge in [0.1, 0.15) is 6.04 Å². The standard InChI is InChI=1S/C21H21ClN6O3/c22-14-5-3-4-13(10-14)11-25-19(29)16(8-9-23)26-21(31)27-17-12-28(20(24)30)18-7-2-1-6-15(17)18/h1-7,9-10,12,16,23H,8,11H2,(H2,24,30)(H,25,29)(H2,26,27,31). The number of rotatable bonds is 7. The lowest BCUT2D eigenvalue weighted by Gasteiger charge is -2.17. The summed E-state index contributed by atoms with van der Waals surface area (Å²) in [5.41, 5.74) is 7.09. The summed E-state index contributed by atoms with van der Waals surface area (Å²) >= 11 is 5.94. The Morgan fingerprint density at radius 2 is 1.94 bits per heavy atom. The van der Waals surface area contributed by atoms with E-state index in [1.807, 2.05) is 6.07 Å². The molecular weight excluding hydrogens is 420 g/mol. The zero-order valence-electron chi connectivity index (χ0n) is 16.4. The molecule has 3 rings (SSSR count). The normalized spacial score (nSPS) is 11.5. The number of hydrogen-bond acceptors (Lipinski definition) is 4. The van der Waals surface area contributed by atoms with Gasteiger partial charge < -0.3 is 27.1 Å². The van der Waals surface area contributed by atoms with Crippen molar-refractivity contribution in [1.82, 2.24) is 15.2 Å². The SMILES string of the molecule is N=CCC(NC(=O)Nc1cn(C(N)=O)c2ccccc12)C(=O)NCc1cccc(Cl)c1. The summed E-state index contributed by atoms with van der Waals surface area (Å²) in [6.07, 6.45) is 2.47. The summed E-state index contributed by atoms with van der Waals surface area (Å²) in [4.78, 5) is 36.7. The maximum Gasteiger partial charge on any atom is 0.323 e. The van der Waals surface area contributed by atoms with Crippen LogP contribution in [0.5, 0.6) is 0 Å². The third-order valence-electron chi connectivity index (χ3n) is 4.53. The van der Waals surface area contributed by atoms with E-state index in [4.69, 9.17) is 22.7 Å². The number of nitrogens with zero attached hydrogens (tertiary/aromatic N) is 1. The number of nitrogens with one attached hydrogen (secondary N) is 4. The zero-order chi connectivity index (χ0) is 22.4. The molecule has 10 heteroatoms. The topological polar surface area (TPSA) is 142 Å². The Morgan fingerprint density at radius 3 is 2.65 bits per heavy atom. The highest BCUT2D eigenvalue weighted by molar-refractivity contribution is 6.30. The van der Waals surface area contributed by atoms with E-state index in [0.29, 0.717) is 21.6 Å². The second-order valence-electron chi connectivity index (χ2n) is 6.71. The summed E-state index contributed by atoms with van der Waals surface area (Å²) in [6.45, 7) is 0.225. The molecule has 31 heavy (non-hydrogen) atoms. The third kappa shape index (κ3) is 5.40. The summed E-state index contributed by atoms with van der Waals surface area (Å²) in [5.74, 6) is -0.446. The van der Waals surface area contributed by atoms with Gasteiger partial charge in [0.2, 0.25) is 5.91 Å². The molecule has 0 radical (unpaired) electrons. The van der Waals surface area contributed by atoms with Crippen LogP contribution in [0.25, 0.3) is 10.9 Å². The number of primary amides is 1. The van der Waals surface area contributed by atoms with Crippen molar-refractivity contribution in [3.8, 4) is 0 Å². The Balaban J connectivity index is 1.68. The minimum atomic E-state index is -0.957.